The second-order valence-electron chi connectivity index (χ2n) is 4.83. The Hall–Kier alpha value is -2.35. The number of aryl methyl sites for hydroxylation is 1. The average Bonchev–Trinajstić information content (AvgIpc) is 3.11. The number of halogens is 3. The van der Waals surface area contributed by atoms with Crippen molar-refractivity contribution in [2.24, 2.45) is 0 Å². The zero-order chi connectivity index (χ0) is 16.4. The summed E-state index contributed by atoms with van der Waals surface area (Å²) in [6.07, 6.45) is -1.59. The van der Waals surface area contributed by atoms with E-state index in [-0.39, 0.29) is 11.6 Å². The van der Waals surface area contributed by atoms with Crippen molar-refractivity contribution in [3.8, 4) is 0 Å². The van der Waals surface area contributed by atoms with Crippen molar-refractivity contribution in [3.05, 3.63) is 47.2 Å². The summed E-state index contributed by atoms with van der Waals surface area (Å²) in [5.41, 5.74) is 1.61. The van der Waals surface area contributed by atoms with Crippen LogP contribution in [0.25, 0.3) is 11.0 Å². The third-order valence-corrected chi connectivity index (χ3v) is 4.17. The number of carbonyl (C=O) groups excluding carboxylic acids is 1. The molecular weight excluding hydrogens is 329 g/mol. The fourth-order valence-electron chi connectivity index (χ4n) is 2.12. The topological polar surface area (TPSA) is 55.1 Å². The number of hydrogen-bond donors (Lipinski definition) is 1. The van der Waals surface area contributed by atoms with E-state index in [1.165, 1.54) is 0 Å². The SMILES string of the molecule is O=C(CCc1coc2ccccc12)Nc1ncc(C(F)(F)F)s1. The monoisotopic (exact) mass is 340 g/mol. The molecule has 3 rings (SSSR count). The summed E-state index contributed by atoms with van der Waals surface area (Å²) in [4.78, 5) is 14.6. The van der Waals surface area contributed by atoms with E-state index in [9.17, 15) is 18.0 Å². The first-order chi connectivity index (χ1) is 10.9. The average molecular weight is 340 g/mol. The summed E-state index contributed by atoms with van der Waals surface area (Å²) in [6.45, 7) is 0. The van der Waals surface area contributed by atoms with Gasteiger partial charge in [0.2, 0.25) is 5.91 Å². The Morgan fingerprint density at radius 3 is 2.83 bits per heavy atom. The number of furan rings is 1. The van der Waals surface area contributed by atoms with Crippen molar-refractivity contribution in [2.75, 3.05) is 5.32 Å². The molecule has 120 valence electrons. The van der Waals surface area contributed by atoms with Crippen LogP contribution in [0.3, 0.4) is 0 Å². The number of thiazole rings is 1. The standard InChI is InChI=1S/C15H11F3N2O2S/c16-15(17,18)12-7-19-14(23-12)20-13(21)6-5-9-8-22-11-4-2-1-3-10(9)11/h1-4,7-8H,5-6H2,(H,19,20,21). The molecule has 8 heteroatoms. The minimum absolute atomic E-state index is 0.0561. The van der Waals surface area contributed by atoms with Gasteiger partial charge in [-0.2, -0.15) is 13.2 Å². The number of para-hydroxylation sites is 1. The minimum atomic E-state index is -4.45. The summed E-state index contributed by atoms with van der Waals surface area (Å²) in [6, 6.07) is 7.44. The van der Waals surface area contributed by atoms with E-state index in [0.29, 0.717) is 24.0 Å². The number of nitrogens with zero attached hydrogens (tertiary/aromatic N) is 1. The Bertz CT molecular complexity index is 838. The summed E-state index contributed by atoms with van der Waals surface area (Å²) in [7, 11) is 0. The van der Waals surface area contributed by atoms with E-state index in [1.54, 1.807) is 6.26 Å². The first-order valence-electron chi connectivity index (χ1n) is 6.71. The summed E-state index contributed by atoms with van der Waals surface area (Å²) >= 11 is 0.407. The number of benzene rings is 1. The van der Waals surface area contributed by atoms with Crippen LogP contribution in [0.5, 0.6) is 0 Å². The molecule has 2 aromatic heterocycles. The van der Waals surface area contributed by atoms with Crippen molar-refractivity contribution in [2.45, 2.75) is 19.0 Å². The van der Waals surface area contributed by atoms with E-state index in [4.69, 9.17) is 4.42 Å². The van der Waals surface area contributed by atoms with Crippen molar-refractivity contribution < 1.29 is 22.4 Å². The number of aromatic nitrogens is 1. The van der Waals surface area contributed by atoms with Gasteiger partial charge in [-0.05, 0) is 18.1 Å². The van der Waals surface area contributed by atoms with Crippen LogP contribution in [-0.2, 0) is 17.4 Å². The fraction of sp³-hybridized carbons (Fsp3) is 0.200. The molecule has 0 saturated carbocycles. The van der Waals surface area contributed by atoms with Gasteiger partial charge in [-0.15, -0.1) is 0 Å². The van der Waals surface area contributed by atoms with Gasteiger partial charge in [-0.1, -0.05) is 29.5 Å². The Morgan fingerprint density at radius 1 is 1.30 bits per heavy atom. The highest BCUT2D eigenvalue weighted by molar-refractivity contribution is 7.15. The molecule has 0 bridgehead atoms. The van der Waals surface area contributed by atoms with Gasteiger partial charge in [0.1, 0.15) is 10.5 Å². The molecule has 1 amide bonds. The van der Waals surface area contributed by atoms with Crippen molar-refractivity contribution in [3.63, 3.8) is 0 Å². The molecular formula is C15H11F3N2O2S. The highest BCUT2D eigenvalue weighted by Gasteiger charge is 2.33. The van der Waals surface area contributed by atoms with Crippen LogP contribution in [0, 0.1) is 0 Å². The highest BCUT2D eigenvalue weighted by Crippen LogP contribution is 2.35. The number of rotatable bonds is 4. The van der Waals surface area contributed by atoms with Crippen LogP contribution in [-0.4, -0.2) is 10.9 Å². The van der Waals surface area contributed by atoms with Gasteiger partial charge in [-0.3, -0.25) is 4.79 Å². The third kappa shape index (κ3) is 3.53. The molecule has 0 aliphatic rings. The predicted octanol–water partition coefficient (Wildman–Crippen LogP) is 4.48. The molecule has 1 N–H and O–H groups in total. The molecule has 0 aliphatic carbocycles. The molecule has 0 saturated heterocycles. The Labute approximate surface area is 132 Å². The first kappa shape index (κ1) is 15.5. The lowest BCUT2D eigenvalue weighted by Crippen LogP contribution is -2.11. The van der Waals surface area contributed by atoms with Crippen molar-refractivity contribution >= 4 is 33.3 Å². The van der Waals surface area contributed by atoms with E-state index in [1.807, 2.05) is 24.3 Å². The van der Waals surface area contributed by atoms with Crippen molar-refractivity contribution in [1.29, 1.82) is 0 Å². The molecule has 1 aromatic carbocycles. The lowest BCUT2D eigenvalue weighted by molar-refractivity contribution is -0.134. The van der Waals surface area contributed by atoms with Gasteiger partial charge in [0.15, 0.2) is 5.13 Å². The number of anilines is 1. The van der Waals surface area contributed by atoms with Crippen LogP contribution < -0.4 is 5.32 Å². The molecule has 23 heavy (non-hydrogen) atoms. The summed E-state index contributed by atoms with van der Waals surface area (Å²) in [5.74, 6) is -0.390. The molecule has 0 atom stereocenters. The minimum Gasteiger partial charge on any atom is -0.464 e. The predicted molar refractivity (Wildman–Crippen MR) is 80.3 cm³/mol. The molecule has 2 heterocycles. The van der Waals surface area contributed by atoms with Crippen LogP contribution in [0.1, 0.15) is 16.9 Å². The second kappa shape index (κ2) is 6.04. The molecule has 4 nitrogen and oxygen atoms in total. The molecule has 0 aliphatic heterocycles. The highest BCUT2D eigenvalue weighted by atomic mass is 32.1. The maximum Gasteiger partial charge on any atom is 0.427 e. The maximum absolute atomic E-state index is 12.5. The lowest BCUT2D eigenvalue weighted by atomic mass is 10.1. The zero-order valence-electron chi connectivity index (χ0n) is 11.7. The second-order valence-corrected chi connectivity index (χ2v) is 5.86. The van der Waals surface area contributed by atoms with Gasteiger partial charge in [0.05, 0.1) is 12.5 Å². The normalized spacial score (nSPS) is 11.8. The maximum atomic E-state index is 12.5. The van der Waals surface area contributed by atoms with Gasteiger partial charge in [0.25, 0.3) is 0 Å². The first-order valence-corrected chi connectivity index (χ1v) is 7.53. The van der Waals surface area contributed by atoms with E-state index in [0.717, 1.165) is 16.5 Å². The Kier molecular flexibility index (Phi) is 4.08. The van der Waals surface area contributed by atoms with Crippen molar-refractivity contribution in [1.82, 2.24) is 4.98 Å². The Morgan fingerprint density at radius 2 is 2.09 bits per heavy atom. The van der Waals surface area contributed by atoms with Crippen LogP contribution in [0.15, 0.2) is 41.1 Å². The Balaban J connectivity index is 1.60. The van der Waals surface area contributed by atoms with Gasteiger partial charge in [-0.25, -0.2) is 4.98 Å². The van der Waals surface area contributed by atoms with Crippen LogP contribution in [0.2, 0.25) is 0 Å². The number of hydrogen-bond acceptors (Lipinski definition) is 4. The van der Waals surface area contributed by atoms with E-state index >= 15 is 0 Å². The largest absolute Gasteiger partial charge is 0.464 e. The van der Waals surface area contributed by atoms with E-state index in [2.05, 4.69) is 10.3 Å². The molecule has 3 aromatic rings. The quantitative estimate of drug-likeness (QED) is 0.762. The van der Waals surface area contributed by atoms with Gasteiger partial charge >= 0.3 is 6.18 Å². The van der Waals surface area contributed by atoms with Crippen LogP contribution in [0.4, 0.5) is 18.3 Å². The fourth-order valence-corrected chi connectivity index (χ4v) is 2.82. The number of nitrogens with one attached hydrogen (secondary N) is 1. The third-order valence-electron chi connectivity index (χ3n) is 3.21. The summed E-state index contributed by atoms with van der Waals surface area (Å²) in [5, 5.41) is 3.25. The van der Waals surface area contributed by atoms with Gasteiger partial charge in [0, 0.05) is 11.8 Å². The summed E-state index contributed by atoms with van der Waals surface area (Å²) < 4.78 is 42.8. The number of amides is 1. The molecule has 0 unspecified atom stereocenters. The lowest BCUT2D eigenvalue weighted by Gasteiger charge is -2.02. The smallest absolute Gasteiger partial charge is 0.427 e. The zero-order valence-corrected chi connectivity index (χ0v) is 12.5. The molecule has 0 fully saturated rings. The van der Waals surface area contributed by atoms with E-state index < -0.39 is 17.0 Å². The van der Waals surface area contributed by atoms with Gasteiger partial charge < -0.3 is 9.73 Å². The number of alkyl halides is 3. The number of fused-ring (bicyclic) bond motifs is 1. The molecule has 0 radical (unpaired) electrons. The number of carbonyl (C=O) groups is 1. The van der Waals surface area contributed by atoms with Crippen LogP contribution >= 0.6 is 11.3 Å². The molecule has 0 spiro atoms.